The van der Waals surface area contributed by atoms with E-state index in [9.17, 15) is 14.9 Å². The lowest BCUT2D eigenvalue weighted by Crippen LogP contribution is -2.27. The molecule has 1 heterocycles. The molecule has 0 bridgehead atoms. The topological polar surface area (TPSA) is 119 Å². The number of nitrogens with one attached hydrogen (secondary N) is 2. The molecule has 1 unspecified atom stereocenters. The third-order valence-corrected chi connectivity index (χ3v) is 5.60. The Morgan fingerprint density at radius 2 is 2.00 bits per heavy atom. The number of hydrogen-bond donors (Lipinski definition) is 2. The quantitative estimate of drug-likeness (QED) is 0.431. The van der Waals surface area contributed by atoms with Gasteiger partial charge in [-0.1, -0.05) is 6.07 Å². The number of nitrogens with zero attached hydrogens (tertiary/aromatic N) is 2. The van der Waals surface area contributed by atoms with Crippen LogP contribution in [0.1, 0.15) is 54.7 Å². The number of carbonyl (C=O) groups excluding carboxylic acids is 1. The molecule has 1 atom stereocenters. The Morgan fingerprint density at radius 1 is 1.23 bits per heavy atom. The fourth-order valence-electron chi connectivity index (χ4n) is 3.87. The van der Waals surface area contributed by atoms with Crippen molar-refractivity contribution < 1.29 is 19.2 Å². The van der Waals surface area contributed by atoms with Crippen molar-refractivity contribution in [2.24, 2.45) is 0 Å². The Labute approximate surface area is 178 Å². The number of hydrogen-bond acceptors (Lipinski definition) is 6. The molecule has 9 heteroatoms. The molecule has 0 radical (unpaired) electrons. The molecule has 3 aromatic rings. The fourth-order valence-corrected chi connectivity index (χ4v) is 3.87. The molecule has 9 nitrogen and oxygen atoms in total. The molecule has 4 rings (SSSR count). The lowest BCUT2D eigenvalue weighted by atomic mass is 10.1. The van der Waals surface area contributed by atoms with Gasteiger partial charge in [-0.2, -0.15) is 5.10 Å². The molecule has 0 aliphatic heterocycles. The highest BCUT2D eigenvalue weighted by Gasteiger charge is 2.21. The summed E-state index contributed by atoms with van der Waals surface area (Å²) in [4.78, 5) is 23.4. The van der Waals surface area contributed by atoms with Crippen LogP contribution in [-0.2, 0) is 0 Å². The van der Waals surface area contributed by atoms with E-state index in [1.165, 1.54) is 31.0 Å². The molecule has 1 aliphatic carbocycles. The van der Waals surface area contributed by atoms with Crippen LogP contribution in [0, 0.1) is 10.1 Å². The third kappa shape index (κ3) is 4.30. The number of carbonyl (C=O) groups is 1. The van der Waals surface area contributed by atoms with Crippen molar-refractivity contribution in [2.45, 2.75) is 44.8 Å². The number of H-pyrrole nitrogens is 1. The minimum Gasteiger partial charge on any atom is -0.493 e. The number of ether oxygens (including phenoxy) is 2. The summed E-state index contributed by atoms with van der Waals surface area (Å²) in [7, 11) is 1.59. The molecule has 31 heavy (non-hydrogen) atoms. The third-order valence-electron chi connectivity index (χ3n) is 5.60. The maximum atomic E-state index is 12.8. The van der Waals surface area contributed by atoms with Gasteiger partial charge in [0.2, 0.25) is 0 Å². The molecular weight excluding hydrogens is 400 g/mol. The molecule has 0 spiro atoms. The predicted molar refractivity (Wildman–Crippen MR) is 115 cm³/mol. The minimum absolute atomic E-state index is 0.0985. The minimum atomic E-state index is -0.502. The van der Waals surface area contributed by atoms with Crippen molar-refractivity contribution in [3.8, 4) is 11.5 Å². The van der Waals surface area contributed by atoms with Gasteiger partial charge in [-0.3, -0.25) is 20.0 Å². The number of methoxy groups -OCH3 is 1. The van der Waals surface area contributed by atoms with Gasteiger partial charge in [0.05, 0.1) is 29.7 Å². The van der Waals surface area contributed by atoms with Gasteiger partial charge in [0.25, 0.3) is 11.6 Å². The van der Waals surface area contributed by atoms with Gasteiger partial charge in [-0.25, -0.2) is 0 Å². The van der Waals surface area contributed by atoms with E-state index in [0.717, 1.165) is 18.4 Å². The van der Waals surface area contributed by atoms with Crippen LogP contribution in [0.15, 0.2) is 36.4 Å². The highest BCUT2D eigenvalue weighted by Crippen LogP contribution is 2.34. The number of amides is 1. The van der Waals surface area contributed by atoms with Gasteiger partial charge in [0.1, 0.15) is 0 Å². The van der Waals surface area contributed by atoms with Crippen LogP contribution in [-0.4, -0.2) is 34.2 Å². The molecule has 1 amide bonds. The summed E-state index contributed by atoms with van der Waals surface area (Å²) in [5.41, 5.74) is 1.41. The van der Waals surface area contributed by atoms with Crippen molar-refractivity contribution in [2.75, 3.05) is 7.11 Å². The van der Waals surface area contributed by atoms with Crippen molar-refractivity contribution in [3.05, 3.63) is 57.8 Å². The molecule has 162 valence electrons. The lowest BCUT2D eigenvalue weighted by molar-refractivity contribution is -0.384. The molecule has 1 aliphatic rings. The van der Waals surface area contributed by atoms with E-state index in [-0.39, 0.29) is 23.5 Å². The van der Waals surface area contributed by atoms with Crippen molar-refractivity contribution >= 4 is 22.5 Å². The fraction of sp³-hybridized carbons (Fsp3) is 0.364. The number of aromatic amines is 1. The van der Waals surface area contributed by atoms with Gasteiger partial charge in [-0.15, -0.1) is 0 Å². The van der Waals surface area contributed by atoms with Crippen LogP contribution in [0.3, 0.4) is 0 Å². The Kier molecular flexibility index (Phi) is 5.75. The molecular formula is C22H24N4O5. The normalized spacial score (nSPS) is 15.0. The average molecular weight is 424 g/mol. The summed E-state index contributed by atoms with van der Waals surface area (Å²) in [5.74, 6) is 0.887. The summed E-state index contributed by atoms with van der Waals surface area (Å²) in [5, 5.41) is 21.1. The molecule has 1 fully saturated rings. The van der Waals surface area contributed by atoms with E-state index in [2.05, 4.69) is 15.5 Å². The van der Waals surface area contributed by atoms with Gasteiger partial charge in [0.15, 0.2) is 17.2 Å². The molecule has 1 aromatic heterocycles. The second-order valence-electron chi connectivity index (χ2n) is 7.69. The smallest absolute Gasteiger partial charge is 0.272 e. The first-order chi connectivity index (χ1) is 15.0. The van der Waals surface area contributed by atoms with E-state index in [1.54, 1.807) is 7.11 Å². The van der Waals surface area contributed by atoms with Crippen LogP contribution >= 0.6 is 0 Å². The summed E-state index contributed by atoms with van der Waals surface area (Å²) in [6.07, 6.45) is 4.67. The lowest BCUT2D eigenvalue weighted by Gasteiger charge is -2.19. The van der Waals surface area contributed by atoms with Crippen LogP contribution in [0.25, 0.3) is 10.9 Å². The standard InChI is InChI=1S/C22H24N4O5/c1-13(14-7-10-19(20(11-14)30-2)31-16-5-3-4-6-16)23-22(27)21-17-12-15(26(28)29)8-9-18(17)24-25-21/h7-13,16H,3-6H2,1-2H3,(H,23,27)(H,24,25). The Bertz CT molecular complexity index is 1120. The number of fused-ring (bicyclic) bond motifs is 1. The van der Waals surface area contributed by atoms with E-state index in [4.69, 9.17) is 9.47 Å². The first kappa shape index (κ1) is 20.6. The zero-order valence-electron chi connectivity index (χ0n) is 17.4. The van der Waals surface area contributed by atoms with Crippen molar-refractivity contribution in [3.63, 3.8) is 0 Å². The van der Waals surface area contributed by atoms with Crippen LogP contribution in [0.4, 0.5) is 5.69 Å². The number of nitro groups is 1. The maximum Gasteiger partial charge on any atom is 0.272 e. The summed E-state index contributed by atoms with van der Waals surface area (Å²) < 4.78 is 11.6. The maximum absolute atomic E-state index is 12.8. The van der Waals surface area contributed by atoms with Gasteiger partial charge >= 0.3 is 0 Å². The SMILES string of the molecule is COc1cc(C(C)NC(=O)c2n[nH]c3ccc([N+](=O)[O-])cc23)ccc1OC1CCCC1. The molecule has 2 N–H and O–H groups in total. The first-order valence-electron chi connectivity index (χ1n) is 10.2. The Morgan fingerprint density at radius 3 is 2.71 bits per heavy atom. The number of aromatic nitrogens is 2. The van der Waals surface area contributed by atoms with E-state index in [0.29, 0.717) is 22.4 Å². The monoisotopic (exact) mass is 424 g/mol. The highest BCUT2D eigenvalue weighted by atomic mass is 16.6. The van der Waals surface area contributed by atoms with E-state index < -0.39 is 10.8 Å². The van der Waals surface area contributed by atoms with E-state index in [1.807, 2.05) is 25.1 Å². The van der Waals surface area contributed by atoms with Crippen LogP contribution < -0.4 is 14.8 Å². The first-order valence-corrected chi connectivity index (χ1v) is 10.2. The summed E-state index contributed by atoms with van der Waals surface area (Å²) >= 11 is 0. The second-order valence-corrected chi connectivity index (χ2v) is 7.69. The number of benzene rings is 2. The van der Waals surface area contributed by atoms with Gasteiger partial charge in [0, 0.05) is 17.5 Å². The molecule has 2 aromatic carbocycles. The van der Waals surface area contributed by atoms with E-state index >= 15 is 0 Å². The average Bonchev–Trinajstić information content (AvgIpc) is 3.43. The zero-order valence-corrected chi connectivity index (χ0v) is 17.4. The van der Waals surface area contributed by atoms with Crippen molar-refractivity contribution in [1.29, 1.82) is 0 Å². The largest absolute Gasteiger partial charge is 0.493 e. The Hall–Kier alpha value is -3.62. The van der Waals surface area contributed by atoms with Crippen molar-refractivity contribution in [1.82, 2.24) is 15.5 Å². The van der Waals surface area contributed by atoms with Gasteiger partial charge in [-0.05, 0) is 56.4 Å². The predicted octanol–water partition coefficient (Wildman–Crippen LogP) is 4.29. The zero-order chi connectivity index (χ0) is 22.0. The van der Waals surface area contributed by atoms with Crippen LogP contribution in [0.2, 0.25) is 0 Å². The number of nitro benzene ring substituents is 1. The molecule has 1 saturated carbocycles. The summed E-state index contributed by atoms with van der Waals surface area (Å²) in [6, 6.07) is 9.51. The second kappa shape index (κ2) is 8.63. The molecule has 0 saturated heterocycles. The Balaban J connectivity index is 1.51. The number of rotatable bonds is 7. The number of non-ortho nitro benzene ring substituents is 1. The highest BCUT2D eigenvalue weighted by molar-refractivity contribution is 6.05. The van der Waals surface area contributed by atoms with Gasteiger partial charge < -0.3 is 14.8 Å². The van der Waals surface area contributed by atoms with Crippen LogP contribution in [0.5, 0.6) is 11.5 Å². The summed E-state index contributed by atoms with van der Waals surface area (Å²) in [6.45, 7) is 1.85.